The number of aromatic nitrogens is 2. The van der Waals surface area contributed by atoms with Crippen LogP contribution < -0.4 is 11.1 Å². The number of ether oxygens (including phenoxy) is 1. The Labute approximate surface area is 186 Å². The molecule has 1 aliphatic carbocycles. The van der Waals surface area contributed by atoms with Gasteiger partial charge in [-0.3, -0.25) is 9.59 Å². The lowest BCUT2D eigenvalue weighted by Crippen LogP contribution is -2.19. The molecular formula is C20H21ClN4O3S2. The highest BCUT2D eigenvalue weighted by atomic mass is 35.5. The van der Waals surface area contributed by atoms with Crippen LogP contribution in [-0.2, 0) is 28.9 Å². The first-order valence-electron chi connectivity index (χ1n) is 9.49. The Balaban J connectivity index is 1.50. The largest absolute Gasteiger partial charge is 0.383 e. The van der Waals surface area contributed by atoms with Crippen molar-refractivity contribution in [2.24, 2.45) is 5.73 Å². The summed E-state index contributed by atoms with van der Waals surface area (Å²) in [5.41, 5.74) is 8.74. The van der Waals surface area contributed by atoms with Crippen LogP contribution in [0.4, 0.5) is 5.00 Å². The summed E-state index contributed by atoms with van der Waals surface area (Å²) < 4.78 is 7.22. The fraction of sp³-hybridized carbons (Fsp3) is 0.350. The molecule has 3 N–H and O–H groups in total. The zero-order valence-electron chi connectivity index (χ0n) is 16.4. The van der Waals surface area contributed by atoms with Crippen molar-refractivity contribution in [2.75, 3.05) is 24.8 Å². The van der Waals surface area contributed by atoms with Gasteiger partial charge in [-0.25, -0.2) is 4.98 Å². The van der Waals surface area contributed by atoms with E-state index in [0.717, 1.165) is 40.7 Å². The molecule has 0 saturated carbocycles. The summed E-state index contributed by atoms with van der Waals surface area (Å²) in [4.78, 5) is 30.3. The van der Waals surface area contributed by atoms with E-state index in [4.69, 9.17) is 22.1 Å². The molecule has 10 heteroatoms. The summed E-state index contributed by atoms with van der Waals surface area (Å²) in [5.74, 6) is -0.536. The van der Waals surface area contributed by atoms with E-state index in [0.29, 0.717) is 33.9 Å². The summed E-state index contributed by atoms with van der Waals surface area (Å²) >= 11 is 8.88. The number of aryl methyl sites for hydroxylation is 1. The molecule has 0 spiro atoms. The lowest BCUT2D eigenvalue weighted by atomic mass is 10.1. The minimum Gasteiger partial charge on any atom is -0.383 e. The monoisotopic (exact) mass is 464 g/mol. The van der Waals surface area contributed by atoms with Crippen LogP contribution in [0.3, 0.4) is 0 Å². The number of primary amides is 1. The summed E-state index contributed by atoms with van der Waals surface area (Å²) in [5, 5.41) is 4.75. The molecule has 0 radical (unpaired) electrons. The van der Waals surface area contributed by atoms with Gasteiger partial charge in [-0.05, 0) is 43.0 Å². The number of fused-ring (bicyclic) bond motifs is 2. The topological polar surface area (TPSA) is 99.2 Å². The van der Waals surface area contributed by atoms with Gasteiger partial charge in [-0.1, -0.05) is 23.4 Å². The number of carbonyl (C=O) groups is 2. The number of imidazole rings is 1. The number of nitrogens with one attached hydrogen (secondary N) is 1. The quantitative estimate of drug-likeness (QED) is 0.495. The summed E-state index contributed by atoms with van der Waals surface area (Å²) in [6, 6.07) is 5.53. The van der Waals surface area contributed by atoms with Gasteiger partial charge in [0.05, 0.1) is 29.0 Å². The van der Waals surface area contributed by atoms with Crippen LogP contribution in [0, 0.1) is 0 Å². The minimum absolute atomic E-state index is 0.158. The van der Waals surface area contributed by atoms with E-state index < -0.39 is 5.91 Å². The maximum atomic E-state index is 12.6. The van der Waals surface area contributed by atoms with Crippen LogP contribution >= 0.6 is 34.7 Å². The standard InChI is InChI=1S/C20H21ClN4O3S2/c1-28-8-7-25-14-6-5-11(21)9-13(14)23-20(25)29-10-16(26)24-19-17(18(22)27)12-3-2-4-15(12)30-19/h5-6,9H,2-4,7-8,10H2,1H3,(H2,22,27)(H,24,26). The molecule has 0 aliphatic heterocycles. The number of anilines is 1. The molecule has 0 saturated heterocycles. The fourth-order valence-electron chi connectivity index (χ4n) is 3.64. The van der Waals surface area contributed by atoms with E-state index in [2.05, 4.69) is 10.3 Å². The molecule has 2 aromatic heterocycles. The zero-order chi connectivity index (χ0) is 21.3. The second-order valence-corrected chi connectivity index (χ2v) is 9.42. The lowest BCUT2D eigenvalue weighted by Gasteiger charge is -2.09. The molecule has 0 atom stereocenters. The predicted octanol–water partition coefficient (Wildman–Crippen LogP) is 3.72. The number of hydrogen-bond acceptors (Lipinski definition) is 6. The van der Waals surface area contributed by atoms with Crippen molar-refractivity contribution in [3.05, 3.63) is 39.2 Å². The van der Waals surface area contributed by atoms with Gasteiger partial charge in [0.15, 0.2) is 5.16 Å². The molecule has 0 fully saturated rings. The second kappa shape index (κ2) is 8.97. The number of thioether (sulfide) groups is 1. The Kier molecular flexibility index (Phi) is 6.33. The number of carbonyl (C=O) groups excluding carboxylic acids is 2. The second-order valence-electron chi connectivity index (χ2n) is 6.93. The van der Waals surface area contributed by atoms with E-state index in [1.54, 1.807) is 13.2 Å². The predicted molar refractivity (Wildman–Crippen MR) is 121 cm³/mol. The Morgan fingerprint density at radius 1 is 1.40 bits per heavy atom. The molecule has 1 aromatic carbocycles. The van der Waals surface area contributed by atoms with Gasteiger partial charge in [-0.2, -0.15) is 0 Å². The van der Waals surface area contributed by atoms with Crippen LogP contribution in [0.5, 0.6) is 0 Å². The molecule has 4 rings (SSSR count). The van der Waals surface area contributed by atoms with Gasteiger partial charge in [-0.15, -0.1) is 11.3 Å². The molecule has 3 aromatic rings. The molecular weight excluding hydrogens is 444 g/mol. The Morgan fingerprint density at radius 3 is 3.00 bits per heavy atom. The third-order valence-corrected chi connectivity index (χ3v) is 7.37. The molecule has 30 heavy (non-hydrogen) atoms. The van der Waals surface area contributed by atoms with Crippen molar-refractivity contribution >= 4 is 62.5 Å². The number of hydrogen-bond donors (Lipinski definition) is 2. The van der Waals surface area contributed by atoms with Gasteiger partial charge in [0.25, 0.3) is 5.91 Å². The third-order valence-electron chi connectivity index (χ3n) is 4.95. The van der Waals surface area contributed by atoms with Crippen LogP contribution in [-0.4, -0.2) is 40.8 Å². The van der Waals surface area contributed by atoms with E-state index in [9.17, 15) is 9.59 Å². The average Bonchev–Trinajstić information content (AvgIpc) is 3.36. The van der Waals surface area contributed by atoms with Gasteiger partial charge < -0.3 is 20.4 Å². The van der Waals surface area contributed by atoms with E-state index >= 15 is 0 Å². The Bertz CT molecular complexity index is 1130. The van der Waals surface area contributed by atoms with Crippen molar-refractivity contribution < 1.29 is 14.3 Å². The number of nitrogens with zero attached hydrogens (tertiary/aromatic N) is 2. The summed E-state index contributed by atoms with van der Waals surface area (Å²) in [6.45, 7) is 1.14. The molecule has 0 bridgehead atoms. The molecule has 0 unspecified atom stereocenters. The molecule has 7 nitrogen and oxygen atoms in total. The SMILES string of the molecule is COCCn1c(SCC(=O)Nc2sc3c(c2C(N)=O)CCC3)nc2cc(Cl)ccc21. The average molecular weight is 465 g/mol. The van der Waals surface area contributed by atoms with Crippen LogP contribution in [0.25, 0.3) is 11.0 Å². The highest BCUT2D eigenvalue weighted by Gasteiger charge is 2.26. The maximum Gasteiger partial charge on any atom is 0.251 e. The van der Waals surface area contributed by atoms with Crippen molar-refractivity contribution in [3.8, 4) is 0 Å². The number of nitrogens with two attached hydrogens (primary N) is 1. The van der Waals surface area contributed by atoms with Crippen LogP contribution in [0.15, 0.2) is 23.4 Å². The molecule has 2 amide bonds. The first kappa shape index (κ1) is 21.2. The lowest BCUT2D eigenvalue weighted by molar-refractivity contribution is -0.113. The number of benzene rings is 1. The van der Waals surface area contributed by atoms with Crippen LogP contribution in [0.2, 0.25) is 5.02 Å². The van der Waals surface area contributed by atoms with E-state index in [1.165, 1.54) is 23.1 Å². The molecule has 2 heterocycles. The van der Waals surface area contributed by atoms with Gasteiger partial charge >= 0.3 is 0 Å². The first-order valence-corrected chi connectivity index (χ1v) is 11.7. The van der Waals surface area contributed by atoms with Gasteiger partial charge in [0.2, 0.25) is 5.91 Å². The minimum atomic E-state index is -0.490. The van der Waals surface area contributed by atoms with Crippen molar-refractivity contribution in [2.45, 2.75) is 31.0 Å². The first-order chi connectivity index (χ1) is 14.5. The summed E-state index contributed by atoms with van der Waals surface area (Å²) in [7, 11) is 1.64. The zero-order valence-corrected chi connectivity index (χ0v) is 18.8. The number of amides is 2. The Morgan fingerprint density at radius 2 is 2.23 bits per heavy atom. The number of methoxy groups -OCH3 is 1. The van der Waals surface area contributed by atoms with Crippen molar-refractivity contribution in [3.63, 3.8) is 0 Å². The third kappa shape index (κ3) is 4.20. The highest BCUT2D eigenvalue weighted by Crippen LogP contribution is 2.39. The smallest absolute Gasteiger partial charge is 0.251 e. The van der Waals surface area contributed by atoms with Crippen molar-refractivity contribution in [1.82, 2.24) is 9.55 Å². The summed E-state index contributed by atoms with van der Waals surface area (Å²) in [6.07, 6.45) is 2.78. The molecule has 158 valence electrons. The van der Waals surface area contributed by atoms with Crippen LogP contribution in [0.1, 0.15) is 27.2 Å². The van der Waals surface area contributed by atoms with E-state index in [1.807, 2.05) is 16.7 Å². The molecule has 1 aliphatic rings. The number of halogens is 1. The van der Waals surface area contributed by atoms with Gasteiger partial charge in [0, 0.05) is 23.6 Å². The number of thiophene rings is 1. The number of rotatable bonds is 8. The highest BCUT2D eigenvalue weighted by molar-refractivity contribution is 7.99. The van der Waals surface area contributed by atoms with Crippen molar-refractivity contribution in [1.29, 1.82) is 0 Å². The normalized spacial score (nSPS) is 13.0. The van der Waals surface area contributed by atoms with Gasteiger partial charge in [0.1, 0.15) is 5.00 Å². The Hall–Kier alpha value is -2.07. The fourth-order valence-corrected chi connectivity index (χ4v) is 5.95. The van der Waals surface area contributed by atoms with E-state index in [-0.39, 0.29) is 11.7 Å². The maximum absolute atomic E-state index is 12.6.